The molecule has 0 spiro atoms. The van der Waals surface area contributed by atoms with Gasteiger partial charge >= 0.3 is 22.8 Å². The first kappa shape index (κ1) is 18.4. The molecular formula is C6H17O9P3. The molecule has 0 fully saturated rings. The van der Waals surface area contributed by atoms with Crippen LogP contribution in [-0.4, -0.2) is 40.4 Å². The number of rotatable bonds is 7. The van der Waals surface area contributed by atoms with Gasteiger partial charge in [0.05, 0.1) is 5.66 Å². The largest absolute Gasteiger partial charge is 0.341 e. The predicted octanol–water partition coefficient (Wildman–Crippen LogP) is 0.404. The van der Waals surface area contributed by atoms with Crippen molar-refractivity contribution in [2.75, 3.05) is 0 Å². The maximum atomic E-state index is 11.2. The summed E-state index contributed by atoms with van der Waals surface area (Å²) in [6.07, 6.45) is 0.277. The molecule has 0 rings (SSSR count). The second-order valence-electron chi connectivity index (χ2n) is 3.89. The highest BCUT2D eigenvalue weighted by atomic mass is 31.2. The Morgan fingerprint density at radius 2 is 1.22 bits per heavy atom. The van der Waals surface area contributed by atoms with E-state index in [4.69, 9.17) is 29.4 Å². The molecule has 0 bridgehead atoms. The van der Waals surface area contributed by atoms with Crippen LogP contribution in [0.3, 0.4) is 0 Å². The van der Waals surface area contributed by atoms with E-state index in [1.54, 1.807) is 6.92 Å². The lowest BCUT2D eigenvalue weighted by Crippen LogP contribution is -2.27. The van der Waals surface area contributed by atoms with Crippen LogP contribution in [0.25, 0.3) is 0 Å². The summed E-state index contributed by atoms with van der Waals surface area (Å²) in [4.78, 5) is 53.7. The van der Waals surface area contributed by atoms with Crippen LogP contribution in [0, 0.1) is 0 Å². The van der Waals surface area contributed by atoms with Gasteiger partial charge in [0.2, 0.25) is 0 Å². The smallest absolute Gasteiger partial charge is 0.324 e. The molecule has 1 atom stereocenters. The molecule has 9 nitrogen and oxygen atoms in total. The molecule has 0 radical (unpaired) electrons. The Hall–Kier alpha value is 0.450. The molecule has 0 aromatic rings. The highest BCUT2D eigenvalue weighted by Gasteiger charge is 2.54. The minimum atomic E-state index is -5.35. The zero-order valence-corrected chi connectivity index (χ0v) is 12.2. The maximum absolute atomic E-state index is 11.2. The Balaban J connectivity index is 5.59. The van der Waals surface area contributed by atoms with Crippen LogP contribution in [0.5, 0.6) is 0 Å². The van der Waals surface area contributed by atoms with E-state index < -0.39 is 33.8 Å². The van der Waals surface area contributed by atoms with Gasteiger partial charge in [0.25, 0.3) is 0 Å². The molecule has 0 saturated carbocycles. The summed E-state index contributed by atoms with van der Waals surface area (Å²) in [5.74, 6) is 0. The summed E-state index contributed by atoms with van der Waals surface area (Å²) in [6, 6.07) is 0. The normalized spacial score (nSPS) is 16.0. The van der Waals surface area contributed by atoms with E-state index in [1.807, 2.05) is 0 Å². The van der Waals surface area contributed by atoms with E-state index in [1.165, 1.54) is 0 Å². The second-order valence-corrected chi connectivity index (χ2v) is 9.61. The summed E-state index contributed by atoms with van der Waals surface area (Å²) >= 11 is 0. The third-order valence-electron chi connectivity index (χ3n) is 2.32. The monoisotopic (exact) mass is 326 g/mol. The van der Waals surface area contributed by atoms with Gasteiger partial charge in [-0.15, -0.1) is 0 Å². The molecule has 0 aliphatic rings. The van der Waals surface area contributed by atoms with Gasteiger partial charge in [-0.25, -0.2) is 0 Å². The highest BCUT2D eigenvalue weighted by molar-refractivity contribution is 7.72. The van der Waals surface area contributed by atoms with Crippen LogP contribution in [0.4, 0.5) is 0 Å². The molecule has 0 aromatic heterocycles. The Kier molecular flexibility index (Phi) is 6.42. The van der Waals surface area contributed by atoms with Gasteiger partial charge in [0, 0.05) is 0 Å². The number of hydrogen-bond donors (Lipinski definition) is 6. The van der Waals surface area contributed by atoms with Gasteiger partial charge in [-0.3, -0.25) is 13.7 Å². The summed E-state index contributed by atoms with van der Waals surface area (Å²) in [5.41, 5.74) is -2.06. The van der Waals surface area contributed by atoms with E-state index in [0.29, 0.717) is 6.42 Å². The van der Waals surface area contributed by atoms with Crippen molar-refractivity contribution in [3.8, 4) is 0 Å². The molecule has 0 heterocycles. The fraction of sp³-hybridized carbons (Fsp3) is 1.00. The van der Waals surface area contributed by atoms with Crippen molar-refractivity contribution in [3.63, 3.8) is 0 Å². The second kappa shape index (κ2) is 6.27. The van der Waals surface area contributed by atoms with Crippen LogP contribution in [-0.2, 0) is 13.7 Å². The van der Waals surface area contributed by atoms with Crippen molar-refractivity contribution >= 4 is 22.8 Å². The molecule has 18 heavy (non-hydrogen) atoms. The first-order chi connectivity index (χ1) is 7.81. The SMILES string of the molecule is CCCCC(C(P(=O)(O)O)P(=O)(O)O)P(=O)(O)O. The van der Waals surface area contributed by atoms with Crippen molar-refractivity contribution in [1.29, 1.82) is 0 Å². The average Bonchev–Trinajstić information content (AvgIpc) is 2.05. The van der Waals surface area contributed by atoms with Crippen LogP contribution in [0.2, 0.25) is 0 Å². The Morgan fingerprint density at radius 1 is 0.833 bits per heavy atom. The average molecular weight is 326 g/mol. The Labute approximate surface area is 104 Å². The van der Waals surface area contributed by atoms with Crippen LogP contribution >= 0.6 is 22.8 Å². The van der Waals surface area contributed by atoms with Gasteiger partial charge < -0.3 is 29.4 Å². The zero-order valence-electron chi connectivity index (χ0n) is 9.53. The molecule has 0 saturated heterocycles. The lowest BCUT2D eigenvalue weighted by molar-refractivity contribution is 0.313. The van der Waals surface area contributed by atoms with Gasteiger partial charge in [0.1, 0.15) is 0 Å². The van der Waals surface area contributed by atoms with Crippen molar-refractivity contribution in [3.05, 3.63) is 0 Å². The summed E-state index contributed by atoms with van der Waals surface area (Å²) in [7, 11) is -15.7. The molecule has 0 amide bonds. The van der Waals surface area contributed by atoms with Crippen molar-refractivity contribution in [2.45, 2.75) is 37.2 Å². The van der Waals surface area contributed by atoms with Crippen molar-refractivity contribution in [1.82, 2.24) is 0 Å². The van der Waals surface area contributed by atoms with E-state index in [2.05, 4.69) is 0 Å². The van der Waals surface area contributed by atoms with Gasteiger partial charge in [-0.2, -0.15) is 0 Å². The lowest BCUT2D eigenvalue weighted by atomic mass is 10.2. The first-order valence-electron chi connectivity index (χ1n) is 4.97. The number of hydrogen-bond acceptors (Lipinski definition) is 3. The fourth-order valence-corrected chi connectivity index (χ4v) is 7.26. The summed E-state index contributed by atoms with van der Waals surface area (Å²) < 4.78 is 33.4. The summed E-state index contributed by atoms with van der Waals surface area (Å²) in [5, 5.41) is -2.67. The third kappa shape index (κ3) is 5.61. The molecule has 6 N–H and O–H groups in total. The van der Waals surface area contributed by atoms with E-state index >= 15 is 0 Å². The topological polar surface area (TPSA) is 173 Å². The molecule has 12 heteroatoms. The summed E-state index contributed by atoms with van der Waals surface area (Å²) in [6.45, 7) is 1.67. The van der Waals surface area contributed by atoms with Crippen LogP contribution < -0.4 is 0 Å². The first-order valence-corrected chi connectivity index (χ1v) is 10.0. The van der Waals surface area contributed by atoms with Crippen molar-refractivity contribution in [2.24, 2.45) is 0 Å². The molecule has 1 unspecified atom stereocenters. The fourth-order valence-electron chi connectivity index (χ4n) is 1.55. The van der Waals surface area contributed by atoms with Gasteiger partial charge in [0.15, 0.2) is 5.40 Å². The van der Waals surface area contributed by atoms with E-state index in [0.717, 1.165) is 0 Å². The minimum absolute atomic E-state index is 0.187. The molecule has 0 aliphatic carbocycles. The Morgan fingerprint density at radius 3 is 1.44 bits per heavy atom. The van der Waals surface area contributed by atoms with Crippen molar-refractivity contribution < 1.29 is 43.1 Å². The maximum Gasteiger partial charge on any atom is 0.341 e. The van der Waals surface area contributed by atoms with E-state index in [-0.39, 0.29) is 12.8 Å². The van der Waals surface area contributed by atoms with Crippen LogP contribution in [0.1, 0.15) is 26.2 Å². The standard InChI is InChI=1S/C6H17O9P3/c1-2-3-4-5(16(7,8)9)6(17(10,11)12)18(13,14)15/h5-6H,2-4H2,1H3,(H2,7,8,9)(H2,10,11,12)(H2,13,14,15). The predicted molar refractivity (Wildman–Crippen MR) is 63.2 cm³/mol. The Bertz CT molecular complexity index is 381. The molecule has 0 aromatic carbocycles. The minimum Gasteiger partial charge on any atom is -0.324 e. The molecule has 0 aliphatic heterocycles. The van der Waals surface area contributed by atoms with Gasteiger partial charge in [-0.05, 0) is 6.42 Å². The third-order valence-corrected chi connectivity index (χ3v) is 8.11. The highest BCUT2D eigenvalue weighted by Crippen LogP contribution is 2.67. The lowest BCUT2D eigenvalue weighted by Gasteiger charge is -2.28. The number of unbranched alkanes of at least 4 members (excludes halogenated alkanes) is 1. The van der Waals surface area contributed by atoms with Crippen LogP contribution in [0.15, 0.2) is 0 Å². The molecular weight excluding hydrogens is 309 g/mol. The zero-order chi connectivity index (χ0) is 14.8. The van der Waals surface area contributed by atoms with Gasteiger partial charge in [-0.1, -0.05) is 19.8 Å². The molecule has 110 valence electrons. The quantitative estimate of drug-likeness (QED) is 0.362. The van der Waals surface area contributed by atoms with E-state index in [9.17, 15) is 13.7 Å².